The van der Waals surface area contributed by atoms with E-state index in [0.29, 0.717) is 17.4 Å². The molecule has 2 aliphatic rings. The van der Waals surface area contributed by atoms with E-state index in [1.54, 1.807) is 6.20 Å². The van der Waals surface area contributed by atoms with Gasteiger partial charge >= 0.3 is 0 Å². The molecule has 2 fully saturated rings. The molecule has 3 rings (SSSR count). The third-order valence-electron chi connectivity index (χ3n) is 3.50. The maximum Gasteiger partial charge on any atom is 0.187 e. The van der Waals surface area contributed by atoms with Crippen molar-refractivity contribution < 1.29 is 4.79 Å². The van der Waals surface area contributed by atoms with E-state index in [1.807, 2.05) is 18.2 Å². The quantitative estimate of drug-likeness (QED) is 0.680. The molecule has 0 unspecified atom stereocenters. The van der Waals surface area contributed by atoms with Crippen LogP contribution in [0.15, 0.2) is 24.4 Å². The first-order valence-corrected chi connectivity index (χ1v) is 5.29. The summed E-state index contributed by atoms with van der Waals surface area (Å²) in [7, 11) is 0. The number of aromatic nitrogens is 1. The molecular weight excluding hydrogens is 174 g/mol. The Morgan fingerprint density at radius 2 is 2.14 bits per heavy atom. The van der Waals surface area contributed by atoms with E-state index in [4.69, 9.17) is 0 Å². The highest BCUT2D eigenvalue weighted by Crippen LogP contribution is 2.62. The van der Waals surface area contributed by atoms with Crippen molar-refractivity contribution in [3.63, 3.8) is 0 Å². The van der Waals surface area contributed by atoms with E-state index in [2.05, 4.69) is 4.98 Å². The molecule has 0 spiro atoms. The molecule has 0 N–H and O–H groups in total. The van der Waals surface area contributed by atoms with E-state index < -0.39 is 0 Å². The lowest BCUT2D eigenvalue weighted by molar-refractivity contribution is 0.0876. The number of nitrogens with zero attached hydrogens (tertiary/aromatic N) is 1. The fourth-order valence-corrected chi connectivity index (χ4v) is 2.34. The lowest BCUT2D eigenvalue weighted by atomic mass is 9.92. The highest BCUT2D eigenvalue weighted by molar-refractivity contribution is 6.01. The molecule has 0 aromatic carbocycles. The first kappa shape index (κ1) is 8.16. The van der Waals surface area contributed by atoms with Gasteiger partial charge in [-0.05, 0) is 43.7 Å². The zero-order chi connectivity index (χ0) is 9.60. The van der Waals surface area contributed by atoms with Gasteiger partial charge in [0.2, 0.25) is 0 Å². The number of carbonyl (C=O) groups excluding carboxylic acids is 1. The Balaban J connectivity index is 1.89. The molecule has 0 atom stereocenters. The fourth-order valence-electron chi connectivity index (χ4n) is 2.34. The summed E-state index contributed by atoms with van der Waals surface area (Å²) in [6, 6.07) is 5.58. The Hall–Kier alpha value is -1.18. The van der Waals surface area contributed by atoms with Crippen molar-refractivity contribution in [3.05, 3.63) is 30.1 Å². The molecule has 2 aliphatic carbocycles. The molecule has 0 aliphatic heterocycles. The summed E-state index contributed by atoms with van der Waals surface area (Å²) in [5.74, 6) is 0.970. The number of hydrogen-bond acceptors (Lipinski definition) is 2. The highest BCUT2D eigenvalue weighted by Gasteiger charge is 2.59. The van der Waals surface area contributed by atoms with Gasteiger partial charge in [0.15, 0.2) is 5.78 Å². The monoisotopic (exact) mass is 187 g/mol. The highest BCUT2D eigenvalue weighted by atomic mass is 16.1. The Bertz CT molecular complexity index is 363. The van der Waals surface area contributed by atoms with E-state index in [1.165, 1.54) is 12.8 Å². The number of pyridine rings is 1. The molecule has 2 heteroatoms. The number of ketones is 1. The normalized spacial score (nSPS) is 23.1. The summed E-state index contributed by atoms with van der Waals surface area (Å²) in [6.07, 6.45) is 6.38. The minimum absolute atomic E-state index is 0.0222. The van der Waals surface area contributed by atoms with Crippen molar-refractivity contribution >= 4 is 5.78 Å². The van der Waals surface area contributed by atoms with E-state index in [9.17, 15) is 4.79 Å². The second-order valence-corrected chi connectivity index (χ2v) is 4.47. The fraction of sp³-hybridized carbons (Fsp3) is 0.500. The smallest absolute Gasteiger partial charge is 0.187 e. The maximum atomic E-state index is 12.1. The summed E-state index contributed by atoms with van der Waals surface area (Å²) in [6.45, 7) is 0. The summed E-state index contributed by atoms with van der Waals surface area (Å²) in [4.78, 5) is 16.3. The molecule has 0 amide bonds. The van der Waals surface area contributed by atoms with Gasteiger partial charge in [0.05, 0.1) is 0 Å². The SMILES string of the molecule is O=C(c1ccccn1)C1(C2CC2)CC1. The van der Waals surface area contributed by atoms with Crippen molar-refractivity contribution in [2.24, 2.45) is 11.3 Å². The van der Waals surface area contributed by atoms with Gasteiger partial charge in [0, 0.05) is 11.6 Å². The van der Waals surface area contributed by atoms with Crippen LogP contribution in [0.1, 0.15) is 36.2 Å². The molecule has 1 heterocycles. The summed E-state index contributed by atoms with van der Waals surface area (Å²) in [5, 5.41) is 0. The van der Waals surface area contributed by atoms with Gasteiger partial charge in [-0.1, -0.05) is 6.07 Å². The van der Waals surface area contributed by atoms with Crippen molar-refractivity contribution in [2.75, 3.05) is 0 Å². The number of hydrogen-bond donors (Lipinski definition) is 0. The van der Waals surface area contributed by atoms with Crippen LogP contribution in [0.2, 0.25) is 0 Å². The Morgan fingerprint density at radius 3 is 2.64 bits per heavy atom. The van der Waals surface area contributed by atoms with Crippen molar-refractivity contribution in [1.82, 2.24) is 4.98 Å². The van der Waals surface area contributed by atoms with Crippen molar-refractivity contribution in [1.29, 1.82) is 0 Å². The van der Waals surface area contributed by atoms with Crippen LogP contribution >= 0.6 is 0 Å². The summed E-state index contributed by atoms with van der Waals surface area (Å²) >= 11 is 0. The molecule has 0 bridgehead atoms. The van der Waals surface area contributed by atoms with Crippen LogP contribution in [0, 0.1) is 11.3 Å². The molecule has 14 heavy (non-hydrogen) atoms. The molecule has 1 aromatic heterocycles. The van der Waals surface area contributed by atoms with Gasteiger partial charge in [-0.3, -0.25) is 9.78 Å². The average Bonchev–Trinajstić information content (AvgIpc) is 3.07. The van der Waals surface area contributed by atoms with Crippen LogP contribution in [0.25, 0.3) is 0 Å². The van der Waals surface area contributed by atoms with Gasteiger partial charge in [-0.25, -0.2) is 0 Å². The first-order chi connectivity index (χ1) is 6.83. The topological polar surface area (TPSA) is 30.0 Å². The van der Waals surface area contributed by atoms with E-state index in [-0.39, 0.29) is 5.41 Å². The molecule has 2 nitrogen and oxygen atoms in total. The Kier molecular flexibility index (Phi) is 1.55. The van der Waals surface area contributed by atoms with Crippen LogP contribution in [0.4, 0.5) is 0 Å². The van der Waals surface area contributed by atoms with Crippen LogP contribution in [-0.4, -0.2) is 10.8 Å². The van der Waals surface area contributed by atoms with E-state index in [0.717, 1.165) is 12.8 Å². The largest absolute Gasteiger partial charge is 0.292 e. The average molecular weight is 187 g/mol. The van der Waals surface area contributed by atoms with Crippen LogP contribution in [-0.2, 0) is 0 Å². The Morgan fingerprint density at radius 1 is 1.36 bits per heavy atom. The molecule has 0 radical (unpaired) electrons. The molecule has 1 aromatic rings. The van der Waals surface area contributed by atoms with Crippen LogP contribution < -0.4 is 0 Å². The van der Waals surface area contributed by atoms with Crippen molar-refractivity contribution in [2.45, 2.75) is 25.7 Å². The zero-order valence-electron chi connectivity index (χ0n) is 8.07. The maximum absolute atomic E-state index is 12.1. The minimum Gasteiger partial charge on any atom is -0.292 e. The molecule has 0 saturated heterocycles. The van der Waals surface area contributed by atoms with Crippen molar-refractivity contribution in [3.8, 4) is 0 Å². The lowest BCUT2D eigenvalue weighted by Crippen LogP contribution is -2.19. The predicted octanol–water partition coefficient (Wildman–Crippen LogP) is 2.45. The van der Waals surface area contributed by atoms with Gasteiger partial charge in [0.1, 0.15) is 5.69 Å². The Labute approximate surface area is 83.4 Å². The lowest BCUT2D eigenvalue weighted by Gasteiger charge is -2.11. The third kappa shape index (κ3) is 1.10. The van der Waals surface area contributed by atoms with Crippen LogP contribution in [0.3, 0.4) is 0 Å². The van der Waals surface area contributed by atoms with Gasteiger partial charge in [-0.15, -0.1) is 0 Å². The molecule has 72 valence electrons. The zero-order valence-corrected chi connectivity index (χ0v) is 8.07. The van der Waals surface area contributed by atoms with Gasteiger partial charge in [-0.2, -0.15) is 0 Å². The molecule has 2 saturated carbocycles. The number of Topliss-reactive ketones (excluding diaryl/α,β-unsaturated/α-hetero) is 1. The minimum atomic E-state index is 0.0222. The van der Waals surface area contributed by atoms with Gasteiger partial charge < -0.3 is 0 Å². The summed E-state index contributed by atoms with van der Waals surface area (Å²) in [5.41, 5.74) is 0.686. The van der Waals surface area contributed by atoms with Gasteiger partial charge in [0.25, 0.3) is 0 Å². The summed E-state index contributed by atoms with van der Waals surface area (Å²) < 4.78 is 0. The number of rotatable bonds is 3. The third-order valence-corrected chi connectivity index (χ3v) is 3.50. The second-order valence-electron chi connectivity index (χ2n) is 4.47. The number of carbonyl (C=O) groups is 1. The second kappa shape index (κ2) is 2.66. The standard InChI is InChI=1S/C12H13NO/c14-11(10-3-1-2-8-13-10)12(6-7-12)9-4-5-9/h1-3,8-9H,4-7H2. The predicted molar refractivity (Wildman–Crippen MR) is 53.0 cm³/mol. The first-order valence-electron chi connectivity index (χ1n) is 5.29. The van der Waals surface area contributed by atoms with Crippen LogP contribution in [0.5, 0.6) is 0 Å². The molecular formula is C12H13NO. The van der Waals surface area contributed by atoms with E-state index >= 15 is 0 Å².